The van der Waals surface area contributed by atoms with Crippen LogP contribution >= 0.6 is 0 Å². The van der Waals surface area contributed by atoms with Gasteiger partial charge in [-0.3, -0.25) is 0 Å². The molecule has 5 rings (SSSR count). The number of nitrogens with two attached hydrogens (primary N) is 1. The fourth-order valence-corrected chi connectivity index (χ4v) is 4.32. The minimum absolute atomic E-state index is 0.0742. The van der Waals surface area contributed by atoms with E-state index in [0.29, 0.717) is 31.5 Å². The molecule has 0 bridgehead atoms. The highest BCUT2D eigenvalue weighted by Gasteiger charge is 2.32. The molecule has 0 spiro atoms. The van der Waals surface area contributed by atoms with E-state index in [0.717, 1.165) is 41.2 Å². The number of fused-ring (bicyclic) bond motifs is 3. The molecule has 0 aromatic heterocycles. The van der Waals surface area contributed by atoms with E-state index < -0.39 is 29.6 Å². The highest BCUT2D eigenvalue weighted by molar-refractivity contribution is 5.90. The smallest absolute Gasteiger partial charge is 0.161 e. The molecule has 1 fully saturated rings. The van der Waals surface area contributed by atoms with E-state index in [1.54, 1.807) is 0 Å². The summed E-state index contributed by atoms with van der Waals surface area (Å²) in [5.74, 6) is -2.64. The van der Waals surface area contributed by atoms with Crippen LogP contribution in [0.3, 0.4) is 0 Å². The Kier molecular flexibility index (Phi) is 4.79. The number of morpholine rings is 1. The van der Waals surface area contributed by atoms with E-state index in [1.807, 2.05) is 18.2 Å². The van der Waals surface area contributed by atoms with Crippen molar-refractivity contribution in [3.8, 4) is 5.75 Å². The van der Waals surface area contributed by atoms with Crippen LogP contribution in [0.1, 0.15) is 17.2 Å². The summed E-state index contributed by atoms with van der Waals surface area (Å²) in [5.41, 5.74) is 8.29. The molecule has 3 aromatic carbocycles. The molecule has 1 unspecified atom stereocenters. The van der Waals surface area contributed by atoms with Crippen molar-refractivity contribution in [2.75, 3.05) is 31.2 Å². The SMILES string of the molecule is NC1Cc2c(ccc3cc(N4CCOCC4)ccc23)O[C@@H]1c1cc(F)c(F)cc1F. The highest BCUT2D eigenvalue weighted by Crippen LogP contribution is 2.40. The van der Waals surface area contributed by atoms with Gasteiger partial charge >= 0.3 is 0 Å². The molecule has 2 atom stereocenters. The van der Waals surface area contributed by atoms with Crippen LogP contribution in [0.2, 0.25) is 0 Å². The van der Waals surface area contributed by atoms with Crippen molar-refractivity contribution < 1.29 is 22.6 Å². The van der Waals surface area contributed by atoms with E-state index in [-0.39, 0.29) is 5.56 Å². The molecular weight excluding hydrogens is 393 g/mol. The summed E-state index contributed by atoms with van der Waals surface area (Å²) in [6.07, 6.45) is -0.454. The molecule has 2 heterocycles. The lowest BCUT2D eigenvalue weighted by molar-refractivity contribution is 0.122. The zero-order chi connectivity index (χ0) is 20.8. The van der Waals surface area contributed by atoms with Gasteiger partial charge in [0.25, 0.3) is 0 Å². The van der Waals surface area contributed by atoms with Crippen molar-refractivity contribution in [2.24, 2.45) is 5.73 Å². The van der Waals surface area contributed by atoms with Gasteiger partial charge in [0.05, 0.1) is 19.3 Å². The first-order valence-electron chi connectivity index (χ1n) is 9.96. The van der Waals surface area contributed by atoms with Gasteiger partial charge in [-0.25, -0.2) is 13.2 Å². The molecule has 7 heteroatoms. The zero-order valence-corrected chi connectivity index (χ0v) is 16.2. The first-order valence-corrected chi connectivity index (χ1v) is 9.96. The predicted octanol–water partition coefficient (Wildman–Crippen LogP) is 4.10. The van der Waals surface area contributed by atoms with Crippen molar-refractivity contribution >= 4 is 16.5 Å². The number of benzene rings is 3. The molecule has 2 aliphatic heterocycles. The fraction of sp³-hybridized carbons (Fsp3) is 0.304. The lowest BCUT2D eigenvalue weighted by atomic mass is 9.90. The number of hydrogen-bond donors (Lipinski definition) is 1. The molecule has 2 aliphatic rings. The Bertz CT molecular complexity index is 1120. The maximum Gasteiger partial charge on any atom is 0.161 e. The van der Waals surface area contributed by atoms with Gasteiger partial charge in [0.15, 0.2) is 11.6 Å². The highest BCUT2D eigenvalue weighted by atomic mass is 19.2. The number of ether oxygens (including phenoxy) is 2. The molecule has 3 aromatic rings. The number of hydrogen-bond acceptors (Lipinski definition) is 4. The summed E-state index contributed by atoms with van der Waals surface area (Å²) < 4.78 is 52.7. The first-order chi connectivity index (χ1) is 14.5. The monoisotopic (exact) mass is 414 g/mol. The third-order valence-electron chi connectivity index (χ3n) is 5.88. The van der Waals surface area contributed by atoms with Crippen LogP contribution in [-0.2, 0) is 11.2 Å². The van der Waals surface area contributed by atoms with E-state index in [9.17, 15) is 13.2 Å². The van der Waals surface area contributed by atoms with Crippen LogP contribution in [0.5, 0.6) is 5.75 Å². The van der Waals surface area contributed by atoms with Crippen LogP contribution < -0.4 is 15.4 Å². The summed E-state index contributed by atoms with van der Waals surface area (Å²) in [6.45, 7) is 3.14. The maximum absolute atomic E-state index is 14.3. The van der Waals surface area contributed by atoms with Gasteiger partial charge in [-0.05, 0) is 41.5 Å². The summed E-state index contributed by atoms with van der Waals surface area (Å²) in [7, 11) is 0. The topological polar surface area (TPSA) is 47.7 Å². The lowest BCUT2D eigenvalue weighted by Crippen LogP contribution is -2.38. The Morgan fingerprint density at radius 3 is 2.47 bits per heavy atom. The Morgan fingerprint density at radius 1 is 0.900 bits per heavy atom. The third kappa shape index (κ3) is 3.28. The minimum atomic E-state index is -1.23. The average Bonchev–Trinajstić information content (AvgIpc) is 2.76. The van der Waals surface area contributed by atoms with Crippen LogP contribution in [0.4, 0.5) is 18.9 Å². The van der Waals surface area contributed by atoms with Gasteiger partial charge < -0.3 is 20.1 Å². The summed E-state index contributed by atoms with van der Waals surface area (Å²) in [6, 6.07) is 10.8. The molecular formula is C23H21F3N2O2. The van der Waals surface area contributed by atoms with Crippen molar-refractivity contribution in [3.05, 3.63) is 71.0 Å². The normalized spacial score (nSPS) is 21.4. The second-order valence-corrected chi connectivity index (χ2v) is 7.74. The largest absolute Gasteiger partial charge is 0.484 e. The fourth-order valence-electron chi connectivity index (χ4n) is 4.32. The first kappa shape index (κ1) is 19.2. The number of anilines is 1. The molecule has 0 amide bonds. The van der Waals surface area contributed by atoms with E-state index >= 15 is 0 Å². The predicted molar refractivity (Wildman–Crippen MR) is 108 cm³/mol. The molecule has 0 saturated carbocycles. The number of nitrogens with zero attached hydrogens (tertiary/aromatic N) is 1. The van der Waals surface area contributed by atoms with Gasteiger partial charge in [0, 0.05) is 36.0 Å². The lowest BCUT2D eigenvalue weighted by Gasteiger charge is -2.33. The summed E-state index contributed by atoms with van der Waals surface area (Å²) in [4.78, 5) is 2.28. The summed E-state index contributed by atoms with van der Waals surface area (Å²) in [5, 5.41) is 2.08. The molecule has 0 radical (unpaired) electrons. The zero-order valence-electron chi connectivity index (χ0n) is 16.2. The second kappa shape index (κ2) is 7.49. The second-order valence-electron chi connectivity index (χ2n) is 7.74. The van der Waals surface area contributed by atoms with E-state index in [2.05, 4.69) is 17.0 Å². The Labute approximate surface area is 172 Å². The Balaban J connectivity index is 1.50. The standard InChI is InChI=1S/C23H21F3N2O2/c24-18-12-20(26)19(25)10-17(18)23-21(27)11-16-15-3-2-14(28-5-7-29-8-6-28)9-13(15)1-4-22(16)30-23/h1-4,9-10,12,21,23H,5-8,11,27H2/t21?,23-/m1/s1. The maximum atomic E-state index is 14.3. The van der Waals surface area contributed by atoms with Crippen molar-refractivity contribution in [2.45, 2.75) is 18.6 Å². The van der Waals surface area contributed by atoms with Gasteiger partial charge in [-0.2, -0.15) is 0 Å². The van der Waals surface area contributed by atoms with Crippen molar-refractivity contribution in [3.63, 3.8) is 0 Å². The summed E-state index contributed by atoms with van der Waals surface area (Å²) >= 11 is 0. The number of halogens is 3. The third-order valence-corrected chi connectivity index (χ3v) is 5.88. The Hall–Kier alpha value is -2.77. The minimum Gasteiger partial charge on any atom is -0.484 e. The van der Waals surface area contributed by atoms with E-state index in [1.165, 1.54) is 0 Å². The molecule has 156 valence electrons. The average molecular weight is 414 g/mol. The van der Waals surface area contributed by atoms with Crippen LogP contribution in [0, 0.1) is 17.5 Å². The Morgan fingerprint density at radius 2 is 1.67 bits per heavy atom. The molecule has 2 N–H and O–H groups in total. The van der Waals surface area contributed by atoms with Crippen molar-refractivity contribution in [1.82, 2.24) is 0 Å². The van der Waals surface area contributed by atoms with E-state index in [4.69, 9.17) is 15.2 Å². The van der Waals surface area contributed by atoms with Crippen LogP contribution in [0.15, 0.2) is 42.5 Å². The molecule has 30 heavy (non-hydrogen) atoms. The number of rotatable bonds is 2. The quantitative estimate of drug-likeness (QED) is 0.642. The molecule has 0 aliphatic carbocycles. The van der Waals surface area contributed by atoms with Crippen LogP contribution in [-0.4, -0.2) is 32.3 Å². The molecule has 4 nitrogen and oxygen atoms in total. The van der Waals surface area contributed by atoms with Gasteiger partial charge in [0.2, 0.25) is 0 Å². The van der Waals surface area contributed by atoms with Crippen LogP contribution in [0.25, 0.3) is 10.8 Å². The molecule has 1 saturated heterocycles. The van der Waals surface area contributed by atoms with Crippen molar-refractivity contribution in [1.29, 1.82) is 0 Å². The van der Waals surface area contributed by atoms with Gasteiger partial charge in [-0.1, -0.05) is 12.1 Å². The van der Waals surface area contributed by atoms with Gasteiger partial charge in [0.1, 0.15) is 17.7 Å². The van der Waals surface area contributed by atoms with Gasteiger partial charge in [-0.15, -0.1) is 0 Å².